The number of carboxylic acid groups (broad SMARTS) is 1. The standard InChI is InChI=1S/C15H20N2O4/c1-2-9-16(11-12-18)15(21)17(10-8-14(19)20)13-6-4-3-5-7-13/h2-7,18H,1,8-12H2,(H,19,20). The molecule has 6 heteroatoms. The normalized spacial score (nSPS) is 9.95. The lowest BCUT2D eigenvalue weighted by atomic mass is 10.2. The quantitative estimate of drug-likeness (QED) is 0.713. The Morgan fingerprint density at radius 1 is 1.19 bits per heavy atom. The van der Waals surface area contributed by atoms with Gasteiger partial charge in [-0.25, -0.2) is 4.79 Å². The van der Waals surface area contributed by atoms with E-state index >= 15 is 0 Å². The summed E-state index contributed by atoms with van der Waals surface area (Å²) in [6.45, 7) is 3.94. The number of carbonyl (C=O) groups is 2. The van der Waals surface area contributed by atoms with E-state index in [-0.39, 0.29) is 38.7 Å². The SMILES string of the molecule is C=CCN(CCO)C(=O)N(CCC(=O)O)c1ccccc1. The molecule has 0 heterocycles. The number of para-hydroxylation sites is 1. The highest BCUT2D eigenvalue weighted by Gasteiger charge is 2.21. The largest absolute Gasteiger partial charge is 0.481 e. The fourth-order valence-corrected chi connectivity index (χ4v) is 1.86. The Morgan fingerprint density at radius 3 is 2.38 bits per heavy atom. The van der Waals surface area contributed by atoms with Crippen molar-refractivity contribution in [1.82, 2.24) is 4.90 Å². The number of aliphatic hydroxyl groups is 1. The monoisotopic (exact) mass is 292 g/mol. The van der Waals surface area contributed by atoms with Crippen molar-refractivity contribution in [3.05, 3.63) is 43.0 Å². The summed E-state index contributed by atoms with van der Waals surface area (Å²) in [5, 5.41) is 17.9. The van der Waals surface area contributed by atoms with Gasteiger partial charge in [-0.3, -0.25) is 9.69 Å². The van der Waals surface area contributed by atoms with Crippen LogP contribution in [-0.2, 0) is 4.79 Å². The van der Waals surface area contributed by atoms with Crippen LogP contribution in [0.2, 0.25) is 0 Å². The molecule has 0 fully saturated rings. The second-order valence-electron chi connectivity index (χ2n) is 4.37. The number of nitrogens with zero attached hydrogens (tertiary/aromatic N) is 2. The van der Waals surface area contributed by atoms with E-state index in [2.05, 4.69) is 6.58 Å². The Kier molecular flexibility index (Phi) is 6.97. The summed E-state index contributed by atoms with van der Waals surface area (Å²) in [5.41, 5.74) is 0.621. The Balaban J connectivity index is 2.95. The molecule has 0 saturated carbocycles. The van der Waals surface area contributed by atoms with Crippen LogP contribution in [-0.4, -0.2) is 53.4 Å². The van der Waals surface area contributed by atoms with Gasteiger partial charge in [0.25, 0.3) is 0 Å². The van der Waals surface area contributed by atoms with Crippen molar-refractivity contribution in [2.24, 2.45) is 0 Å². The molecule has 21 heavy (non-hydrogen) atoms. The smallest absolute Gasteiger partial charge is 0.324 e. The fourth-order valence-electron chi connectivity index (χ4n) is 1.86. The molecule has 0 aromatic heterocycles. The summed E-state index contributed by atoms with van der Waals surface area (Å²) < 4.78 is 0. The maximum atomic E-state index is 12.5. The molecular weight excluding hydrogens is 272 g/mol. The van der Waals surface area contributed by atoms with Gasteiger partial charge in [0.15, 0.2) is 0 Å². The zero-order valence-electron chi connectivity index (χ0n) is 11.8. The average molecular weight is 292 g/mol. The minimum atomic E-state index is -0.971. The maximum absolute atomic E-state index is 12.5. The summed E-state index contributed by atoms with van der Waals surface area (Å²) in [5.74, 6) is -0.971. The lowest BCUT2D eigenvalue weighted by Gasteiger charge is -2.29. The van der Waals surface area contributed by atoms with Gasteiger partial charge in [-0.2, -0.15) is 0 Å². The summed E-state index contributed by atoms with van der Waals surface area (Å²) in [7, 11) is 0. The predicted octanol–water partition coefficient (Wildman–Crippen LogP) is 1.57. The van der Waals surface area contributed by atoms with E-state index in [1.807, 2.05) is 6.07 Å². The Labute approximate surface area is 123 Å². The number of anilines is 1. The van der Waals surface area contributed by atoms with Gasteiger partial charge in [-0.1, -0.05) is 24.3 Å². The van der Waals surface area contributed by atoms with Crippen molar-refractivity contribution in [3.63, 3.8) is 0 Å². The summed E-state index contributed by atoms with van der Waals surface area (Å²) in [4.78, 5) is 26.1. The van der Waals surface area contributed by atoms with Crippen LogP contribution in [0.15, 0.2) is 43.0 Å². The Bertz CT molecular complexity index is 476. The number of aliphatic hydroxyl groups excluding tert-OH is 1. The number of carboxylic acids is 1. The molecule has 1 aromatic rings. The van der Waals surface area contributed by atoms with Crippen LogP contribution in [0.5, 0.6) is 0 Å². The first kappa shape index (κ1) is 16.7. The third-order valence-electron chi connectivity index (χ3n) is 2.84. The Morgan fingerprint density at radius 2 is 1.86 bits per heavy atom. The second-order valence-corrected chi connectivity index (χ2v) is 4.37. The molecule has 1 rings (SSSR count). The summed E-state index contributed by atoms with van der Waals surface area (Å²) in [6, 6.07) is 8.51. The molecule has 0 radical (unpaired) electrons. The van der Waals surface area contributed by atoms with Gasteiger partial charge in [-0.05, 0) is 12.1 Å². The molecule has 0 unspecified atom stereocenters. The van der Waals surface area contributed by atoms with Crippen LogP contribution in [0.1, 0.15) is 6.42 Å². The number of hydrogen-bond donors (Lipinski definition) is 2. The van der Waals surface area contributed by atoms with E-state index in [0.29, 0.717) is 5.69 Å². The van der Waals surface area contributed by atoms with E-state index in [4.69, 9.17) is 10.2 Å². The first-order valence-corrected chi connectivity index (χ1v) is 6.65. The van der Waals surface area contributed by atoms with Crippen molar-refractivity contribution in [2.75, 3.05) is 31.1 Å². The molecule has 1 aromatic carbocycles. The molecule has 2 amide bonds. The summed E-state index contributed by atoms with van der Waals surface area (Å²) in [6.07, 6.45) is 1.41. The molecular formula is C15H20N2O4. The number of benzene rings is 1. The van der Waals surface area contributed by atoms with Crippen LogP contribution in [0.3, 0.4) is 0 Å². The second kappa shape index (κ2) is 8.76. The average Bonchev–Trinajstić information content (AvgIpc) is 2.48. The fraction of sp³-hybridized carbons (Fsp3) is 0.333. The van der Waals surface area contributed by atoms with Crippen LogP contribution < -0.4 is 4.90 Å². The highest BCUT2D eigenvalue weighted by atomic mass is 16.4. The molecule has 0 saturated heterocycles. The minimum absolute atomic E-state index is 0.0667. The molecule has 0 aliphatic heterocycles. The molecule has 0 aliphatic carbocycles. The molecule has 0 spiro atoms. The highest BCUT2D eigenvalue weighted by Crippen LogP contribution is 2.16. The lowest BCUT2D eigenvalue weighted by molar-refractivity contribution is -0.136. The van der Waals surface area contributed by atoms with E-state index in [0.717, 1.165) is 0 Å². The van der Waals surface area contributed by atoms with Crippen LogP contribution in [0.25, 0.3) is 0 Å². The van der Waals surface area contributed by atoms with E-state index in [9.17, 15) is 9.59 Å². The van der Waals surface area contributed by atoms with Gasteiger partial charge >= 0.3 is 12.0 Å². The van der Waals surface area contributed by atoms with Crippen LogP contribution in [0.4, 0.5) is 10.5 Å². The van der Waals surface area contributed by atoms with Gasteiger partial charge in [0.05, 0.1) is 13.0 Å². The predicted molar refractivity (Wildman–Crippen MR) is 80.3 cm³/mol. The zero-order valence-corrected chi connectivity index (χ0v) is 11.8. The molecule has 0 bridgehead atoms. The number of aliphatic carboxylic acids is 1. The third-order valence-corrected chi connectivity index (χ3v) is 2.84. The molecule has 2 N–H and O–H groups in total. The van der Waals surface area contributed by atoms with Gasteiger partial charge < -0.3 is 15.1 Å². The highest BCUT2D eigenvalue weighted by molar-refractivity contribution is 5.92. The number of rotatable bonds is 8. The van der Waals surface area contributed by atoms with E-state index in [1.54, 1.807) is 30.3 Å². The lowest BCUT2D eigenvalue weighted by Crippen LogP contribution is -2.45. The third kappa shape index (κ3) is 5.27. The molecule has 0 aliphatic rings. The first-order chi connectivity index (χ1) is 10.1. The zero-order chi connectivity index (χ0) is 15.7. The van der Waals surface area contributed by atoms with Crippen LogP contribution >= 0.6 is 0 Å². The van der Waals surface area contributed by atoms with Crippen molar-refractivity contribution in [2.45, 2.75) is 6.42 Å². The number of hydrogen-bond acceptors (Lipinski definition) is 3. The topological polar surface area (TPSA) is 81.1 Å². The first-order valence-electron chi connectivity index (χ1n) is 6.65. The van der Waals surface area contributed by atoms with Crippen molar-refractivity contribution in [3.8, 4) is 0 Å². The van der Waals surface area contributed by atoms with E-state index < -0.39 is 5.97 Å². The van der Waals surface area contributed by atoms with E-state index in [1.165, 1.54) is 9.80 Å². The maximum Gasteiger partial charge on any atom is 0.324 e. The van der Waals surface area contributed by atoms with Crippen molar-refractivity contribution < 1.29 is 19.8 Å². The number of amides is 2. The Hall–Kier alpha value is -2.34. The van der Waals surface area contributed by atoms with Crippen molar-refractivity contribution in [1.29, 1.82) is 0 Å². The number of urea groups is 1. The van der Waals surface area contributed by atoms with Crippen molar-refractivity contribution >= 4 is 17.7 Å². The van der Waals surface area contributed by atoms with Gasteiger partial charge in [0.2, 0.25) is 0 Å². The molecule has 6 nitrogen and oxygen atoms in total. The van der Waals surface area contributed by atoms with Gasteiger partial charge in [-0.15, -0.1) is 6.58 Å². The van der Waals surface area contributed by atoms with Gasteiger partial charge in [0, 0.05) is 25.3 Å². The number of carbonyl (C=O) groups excluding carboxylic acids is 1. The minimum Gasteiger partial charge on any atom is -0.481 e. The van der Waals surface area contributed by atoms with Crippen LogP contribution in [0, 0.1) is 0 Å². The van der Waals surface area contributed by atoms with Gasteiger partial charge in [0.1, 0.15) is 0 Å². The molecule has 114 valence electrons. The molecule has 0 atom stereocenters. The summed E-state index contributed by atoms with van der Waals surface area (Å²) >= 11 is 0.